The van der Waals surface area contributed by atoms with E-state index in [-0.39, 0.29) is 28.9 Å². The molecule has 1 fully saturated rings. The number of rotatable bonds is 3. The number of carbonyl (C=O) groups excluding carboxylic acids is 1. The van der Waals surface area contributed by atoms with Crippen molar-refractivity contribution in [3.8, 4) is 5.75 Å². The Morgan fingerprint density at radius 3 is 2.65 bits per heavy atom. The number of hydrogen-bond donors (Lipinski definition) is 1. The highest BCUT2D eigenvalue weighted by atomic mass is 35.5. The molecule has 0 aromatic heterocycles. The van der Waals surface area contributed by atoms with E-state index in [0.29, 0.717) is 37.0 Å². The van der Waals surface area contributed by atoms with Crippen molar-refractivity contribution in [2.45, 2.75) is 101 Å². The van der Waals surface area contributed by atoms with Crippen LogP contribution >= 0.6 is 11.6 Å². The molecular formula is C39H53ClN2O5Si. The second-order valence-corrected chi connectivity index (χ2v) is 21.5. The highest BCUT2D eigenvalue weighted by molar-refractivity contribution is 6.74. The van der Waals surface area contributed by atoms with Gasteiger partial charge in [0, 0.05) is 43.5 Å². The fourth-order valence-electron chi connectivity index (χ4n) is 7.97. The van der Waals surface area contributed by atoms with Crippen LogP contribution in [0.5, 0.6) is 5.75 Å². The molecule has 2 aromatic carbocycles. The molecule has 260 valence electrons. The molecule has 9 heteroatoms. The standard InChI is InChI=1S/C39H53ClN2O5Si/c1-38(2,3)48(5,6)47-34-11-7-8-19-41(4)36(43)22-31(37(44)45)26-13-17-35-33(21-26)42(23-28-12-15-30(28)34)24-39(25-46-35)18-9-10-27-20-29(40)14-16-32(27)39/h7,11,13-14,16-17,20-21,28,30-31,34H,8-10,12,15,18-19,22-25H2,1-6H3,(H,44,45)/t28-,30+,31-,34-,39-/m0/s1. The number of halogens is 1. The van der Waals surface area contributed by atoms with Gasteiger partial charge >= 0.3 is 5.97 Å². The van der Waals surface area contributed by atoms with Gasteiger partial charge in [0.25, 0.3) is 0 Å². The maximum atomic E-state index is 13.4. The average molecular weight is 693 g/mol. The largest absolute Gasteiger partial charge is 0.490 e. The van der Waals surface area contributed by atoms with Crippen LogP contribution < -0.4 is 9.64 Å². The zero-order chi connectivity index (χ0) is 34.4. The zero-order valence-electron chi connectivity index (χ0n) is 29.6. The Bertz CT molecular complexity index is 1570. The van der Waals surface area contributed by atoms with Crippen molar-refractivity contribution in [3.63, 3.8) is 0 Å². The first-order chi connectivity index (χ1) is 22.7. The molecule has 2 heterocycles. The van der Waals surface area contributed by atoms with E-state index in [9.17, 15) is 14.7 Å². The van der Waals surface area contributed by atoms with Crippen LogP contribution in [0.4, 0.5) is 5.69 Å². The number of nitrogens with zero attached hydrogens (tertiary/aromatic N) is 2. The van der Waals surface area contributed by atoms with Gasteiger partial charge in [-0.2, -0.15) is 0 Å². The predicted octanol–water partition coefficient (Wildman–Crippen LogP) is 8.21. The lowest BCUT2D eigenvalue weighted by Crippen LogP contribution is -2.52. The van der Waals surface area contributed by atoms with Gasteiger partial charge in [-0.15, -0.1) is 0 Å². The van der Waals surface area contributed by atoms with Gasteiger partial charge in [0.15, 0.2) is 8.32 Å². The van der Waals surface area contributed by atoms with Gasteiger partial charge in [-0.3, -0.25) is 9.59 Å². The van der Waals surface area contributed by atoms with E-state index in [1.165, 1.54) is 11.1 Å². The van der Waals surface area contributed by atoms with Gasteiger partial charge < -0.3 is 24.1 Å². The molecule has 2 aliphatic carbocycles. The molecular weight excluding hydrogens is 640 g/mol. The summed E-state index contributed by atoms with van der Waals surface area (Å²) in [6.07, 6.45) is 10.4. The first-order valence-corrected chi connectivity index (χ1v) is 21.1. The molecule has 2 bridgehead atoms. The number of aryl methyl sites for hydroxylation is 1. The molecule has 1 saturated carbocycles. The van der Waals surface area contributed by atoms with Crippen molar-refractivity contribution >= 4 is 37.5 Å². The minimum atomic E-state index is -2.07. The summed E-state index contributed by atoms with van der Waals surface area (Å²) in [6, 6.07) is 12.1. The SMILES string of the molecule is CN1CCC=C[C@H](O[Si](C)(C)C(C)(C)C)[C@@H]2CC[C@H]2CN2C[C@@]3(CCCc4cc(Cl)ccc43)COc3ccc(cc32)[C@@H](C(=O)O)CC1=O. The summed E-state index contributed by atoms with van der Waals surface area (Å²) in [6.45, 7) is 14.2. The number of carboxylic acid groups (broad SMARTS) is 1. The molecule has 1 spiro atoms. The summed E-state index contributed by atoms with van der Waals surface area (Å²) in [5.74, 6) is -0.539. The zero-order valence-corrected chi connectivity index (χ0v) is 31.3. The third-order valence-electron chi connectivity index (χ3n) is 12.1. The molecule has 48 heavy (non-hydrogen) atoms. The van der Waals surface area contributed by atoms with Crippen molar-refractivity contribution in [1.29, 1.82) is 0 Å². The second kappa shape index (κ2) is 13.5. The van der Waals surface area contributed by atoms with Crippen molar-refractivity contribution in [2.75, 3.05) is 38.2 Å². The first-order valence-electron chi connectivity index (χ1n) is 17.8. The highest BCUT2D eigenvalue weighted by Crippen LogP contribution is 2.48. The maximum absolute atomic E-state index is 13.4. The number of ether oxygens (including phenoxy) is 1. The molecule has 1 N–H and O–H groups in total. The molecule has 0 saturated heterocycles. The minimum Gasteiger partial charge on any atom is -0.490 e. The second-order valence-electron chi connectivity index (χ2n) is 16.3. The number of hydrogen-bond acceptors (Lipinski definition) is 5. The van der Waals surface area contributed by atoms with Gasteiger partial charge in [0.1, 0.15) is 5.75 Å². The van der Waals surface area contributed by atoms with E-state index in [4.69, 9.17) is 20.8 Å². The monoisotopic (exact) mass is 692 g/mol. The molecule has 0 radical (unpaired) electrons. The third kappa shape index (κ3) is 6.95. The number of carbonyl (C=O) groups is 2. The predicted molar refractivity (Wildman–Crippen MR) is 195 cm³/mol. The molecule has 5 atom stereocenters. The van der Waals surface area contributed by atoms with E-state index < -0.39 is 20.2 Å². The summed E-state index contributed by atoms with van der Waals surface area (Å²) < 4.78 is 13.9. The number of fused-ring (bicyclic) bond motifs is 4. The number of benzene rings is 2. The van der Waals surface area contributed by atoms with Crippen LogP contribution in [0.2, 0.25) is 23.2 Å². The summed E-state index contributed by atoms with van der Waals surface area (Å²) >= 11 is 6.48. The quantitative estimate of drug-likeness (QED) is 0.258. The molecule has 6 rings (SSSR count). The van der Waals surface area contributed by atoms with Crippen molar-refractivity contribution in [1.82, 2.24) is 4.90 Å². The van der Waals surface area contributed by atoms with E-state index in [0.717, 1.165) is 61.7 Å². The van der Waals surface area contributed by atoms with Gasteiger partial charge in [0.2, 0.25) is 5.91 Å². The van der Waals surface area contributed by atoms with Crippen molar-refractivity contribution in [2.24, 2.45) is 11.8 Å². The Balaban J connectivity index is 1.43. The molecule has 0 unspecified atom stereocenters. The summed E-state index contributed by atoms with van der Waals surface area (Å²) in [5.41, 5.74) is 3.94. The van der Waals surface area contributed by atoms with Crippen LogP contribution in [-0.2, 0) is 25.9 Å². The van der Waals surface area contributed by atoms with E-state index in [1.807, 2.05) is 24.3 Å². The molecule has 2 aliphatic heterocycles. The topological polar surface area (TPSA) is 79.3 Å². The van der Waals surface area contributed by atoms with Crippen LogP contribution in [0.1, 0.15) is 81.9 Å². The van der Waals surface area contributed by atoms with Gasteiger partial charge in [-0.25, -0.2) is 0 Å². The smallest absolute Gasteiger partial charge is 0.311 e. The summed E-state index contributed by atoms with van der Waals surface area (Å²) in [4.78, 5) is 30.2. The lowest BCUT2D eigenvalue weighted by atomic mass is 9.68. The molecule has 4 aliphatic rings. The van der Waals surface area contributed by atoms with Crippen LogP contribution in [0.3, 0.4) is 0 Å². The maximum Gasteiger partial charge on any atom is 0.311 e. The summed E-state index contributed by atoms with van der Waals surface area (Å²) in [5, 5.41) is 11.2. The van der Waals surface area contributed by atoms with Crippen LogP contribution in [0, 0.1) is 11.8 Å². The van der Waals surface area contributed by atoms with E-state index >= 15 is 0 Å². The number of carboxylic acids is 1. The Kier molecular flexibility index (Phi) is 9.84. The van der Waals surface area contributed by atoms with Gasteiger partial charge in [-0.05, 0) is 109 Å². The Morgan fingerprint density at radius 2 is 1.94 bits per heavy atom. The van der Waals surface area contributed by atoms with Crippen molar-refractivity contribution in [3.05, 3.63) is 70.3 Å². The Labute approximate surface area is 292 Å². The molecule has 1 amide bonds. The lowest BCUT2D eigenvalue weighted by Gasteiger charge is -2.48. The first kappa shape index (κ1) is 35.0. The van der Waals surface area contributed by atoms with E-state index in [2.05, 4.69) is 63.0 Å². The fraction of sp³-hybridized carbons (Fsp3) is 0.590. The van der Waals surface area contributed by atoms with Crippen LogP contribution in [-0.4, -0.2) is 69.6 Å². The fourth-order valence-corrected chi connectivity index (χ4v) is 9.45. The van der Waals surface area contributed by atoms with Crippen LogP contribution in [0.25, 0.3) is 0 Å². The number of amides is 1. The lowest BCUT2D eigenvalue weighted by molar-refractivity contribution is -0.142. The van der Waals surface area contributed by atoms with Crippen LogP contribution in [0.15, 0.2) is 48.6 Å². The number of anilines is 1. The van der Waals surface area contributed by atoms with E-state index in [1.54, 1.807) is 11.9 Å². The summed E-state index contributed by atoms with van der Waals surface area (Å²) in [7, 11) is -0.301. The molecule has 7 nitrogen and oxygen atoms in total. The highest BCUT2D eigenvalue weighted by Gasteiger charge is 2.47. The third-order valence-corrected chi connectivity index (χ3v) is 16.8. The number of aliphatic carboxylic acids is 1. The average Bonchev–Trinajstić information content (AvgIpc) is 3.15. The Morgan fingerprint density at radius 1 is 1.15 bits per heavy atom. The molecule has 2 aromatic rings. The van der Waals surface area contributed by atoms with Crippen molar-refractivity contribution < 1.29 is 23.9 Å². The van der Waals surface area contributed by atoms with Gasteiger partial charge in [-0.1, -0.05) is 56.7 Å². The minimum absolute atomic E-state index is 0.00971. The normalized spacial score (nSPS) is 28.2. The Hall–Kier alpha value is -2.81. The van der Waals surface area contributed by atoms with Gasteiger partial charge in [0.05, 0.1) is 24.3 Å².